The summed E-state index contributed by atoms with van der Waals surface area (Å²) in [5.41, 5.74) is 6.70. The molecule has 0 saturated carbocycles. The van der Waals surface area contributed by atoms with Gasteiger partial charge >= 0.3 is 0 Å². The molecule has 0 fully saturated rings. The van der Waals surface area contributed by atoms with Crippen molar-refractivity contribution in [3.05, 3.63) is 23.8 Å². The van der Waals surface area contributed by atoms with E-state index in [1.54, 1.807) is 12.1 Å². The minimum Gasteiger partial charge on any atom is -0.504 e. The molecule has 1 unspecified atom stereocenters. The number of hydrogen-bond acceptors (Lipinski definition) is 5. The molecule has 1 rings (SSSR count). The Balaban J connectivity index is 2.95. The molecule has 4 N–H and O–H groups in total. The maximum Gasteiger partial charge on any atom is 0.160 e. The summed E-state index contributed by atoms with van der Waals surface area (Å²) in [6.07, 6.45) is 0. The molecular weight excluding hydrogens is 220 g/mol. The molecule has 0 aliphatic carbocycles. The first-order valence-corrected chi connectivity index (χ1v) is 5.52. The van der Waals surface area contributed by atoms with Crippen LogP contribution in [0.15, 0.2) is 18.2 Å². The van der Waals surface area contributed by atoms with Gasteiger partial charge in [-0.25, -0.2) is 0 Å². The van der Waals surface area contributed by atoms with Crippen LogP contribution in [-0.4, -0.2) is 49.0 Å². The Morgan fingerprint density at radius 3 is 2.71 bits per heavy atom. The van der Waals surface area contributed by atoms with Gasteiger partial charge in [-0.2, -0.15) is 0 Å². The van der Waals surface area contributed by atoms with Crippen molar-refractivity contribution < 1.29 is 14.9 Å². The lowest BCUT2D eigenvalue weighted by Crippen LogP contribution is -2.32. The van der Waals surface area contributed by atoms with E-state index in [4.69, 9.17) is 15.6 Å². The molecule has 0 aliphatic heterocycles. The predicted octanol–water partition coefficient (Wildman–Crippen LogP) is 0.325. The van der Waals surface area contributed by atoms with E-state index in [-0.39, 0.29) is 18.4 Å². The van der Waals surface area contributed by atoms with Crippen LogP contribution in [0.5, 0.6) is 11.5 Å². The molecule has 0 saturated heterocycles. The van der Waals surface area contributed by atoms with E-state index in [1.807, 2.05) is 18.0 Å². The van der Waals surface area contributed by atoms with E-state index < -0.39 is 0 Å². The highest BCUT2D eigenvalue weighted by atomic mass is 16.5. The maximum atomic E-state index is 9.52. The number of rotatable bonds is 6. The highest BCUT2D eigenvalue weighted by Crippen LogP contribution is 2.30. The molecule has 0 spiro atoms. The zero-order chi connectivity index (χ0) is 12.8. The number of ether oxygens (including phenoxy) is 1. The number of hydrogen-bond donors (Lipinski definition) is 3. The third-order valence-electron chi connectivity index (χ3n) is 2.80. The highest BCUT2D eigenvalue weighted by Gasteiger charge is 2.16. The minimum absolute atomic E-state index is 0.00310. The second-order valence-corrected chi connectivity index (χ2v) is 3.89. The predicted molar refractivity (Wildman–Crippen MR) is 66.2 cm³/mol. The second kappa shape index (κ2) is 6.44. The van der Waals surface area contributed by atoms with Crippen LogP contribution in [0.25, 0.3) is 0 Å². The van der Waals surface area contributed by atoms with Gasteiger partial charge in [-0.1, -0.05) is 6.07 Å². The summed E-state index contributed by atoms with van der Waals surface area (Å²) in [5, 5.41) is 18.4. The number of aliphatic hydroxyl groups is 1. The van der Waals surface area contributed by atoms with Gasteiger partial charge in [0, 0.05) is 19.1 Å². The number of likely N-dealkylation sites (N-methyl/N-ethyl adjacent to an activating group) is 1. The van der Waals surface area contributed by atoms with E-state index in [0.717, 1.165) is 5.56 Å². The normalized spacial score (nSPS) is 12.8. The van der Waals surface area contributed by atoms with Crippen molar-refractivity contribution in [1.29, 1.82) is 0 Å². The van der Waals surface area contributed by atoms with Crippen LogP contribution in [0, 0.1) is 0 Å². The lowest BCUT2D eigenvalue weighted by Gasteiger charge is -2.26. The summed E-state index contributed by atoms with van der Waals surface area (Å²) in [5.74, 6) is 0.537. The topological polar surface area (TPSA) is 79.0 Å². The van der Waals surface area contributed by atoms with Crippen molar-refractivity contribution in [1.82, 2.24) is 4.90 Å². The summed E-state index contributed by atoms with van der Waals surface area (Å²) >= 11 is 0. The van der Waals surface area contributed by atoms with Crippen molar-refractivity contribution in [3.63, 3.8) is 0 Å². The molecule has 1 atom stereocenters. The fourth-order valence-corrected chi connectivity index (χ4v) is 1.79. The molecule has 0 amide bonds. The second-order valence-electron chi connectivity index (χ2n) is 3.89. The summed E-state index contributed by atoms with van der Waals surface area (Å²) in [6, 6.07) is 5.16. The molecule has 5 nitrogen and oxygen atoms in total. The van der Waals surface area contributed by atoms with Gasteiger partial charge in [-0.05, 0) is 24.7 Å². The SMILES string of the molecule is COc1cc(C(CN)N(C)CCO)ccc1O. The zero-order valence-electron chi connectivity index (χ0n) is 10.3. The number of benzene rings is 1. The Labute approximate surface area is 101 Å². The molecule has 1 aromatic rings. The van der Waals surface area contributed by atoms with E-state index in [0.29, 0.717) is 18.8 Å². The number of aromatic hydroxyl groups is 1. The zero-order valence-corrected chi connectivity index (χ0v) is 10.3. The minimum atomic E-state index is -0.00310. The van der Waals surface area contributed by atoms with Crippen molar-refractivity contribution in [3.8, 4) is 11.5 Å². The van der Waals surface area contributed by atoms with Crippen LogP contribution in [0.1, 0.15) is 11.6 Å². The van der Waals surface area contributed by atoms with Crippen LogP contribution >= 0.6 is 0 Å². The van der Waals surface area contributed by atoms with Crippen LogP contribution < -0.4 is 10.5 Å². The first kappa shape index (κ1) is 13.8. The van der Waals surface area contributed by atoms with Crippen LogP contribution in [0.3, 0.4) is 0 Å². The summed E-state index contributed by atoms with van der Waals surface area (Å²) in [6.45, 7) is 1.07. The first-order valence-electron chi connectivity index (χ1n) is 5.52. The molecule has 0 bridgehead atoms. The van der Waals surface area contributed by atoms with E-state index in [2.05, 4.69) is 0 Å². The van der Waals surface area contributed by atoms with Gasteiger partial charge in [0.25, 0.3) is 0 Å². The summed E-state index contributed by atoms with van der Waals surface area (Å²) in [4.78, 5) is 1.96. The van der Waals surface area contributed by atoms with Gasteiger partial charge in [0.2, 0.25) is 0 Å². The molecule has 0 aromatic heterocycles. The third-order valence-corrected chi connectivity index (χ3v) is 2.80. The van der Waals surface area contributed by atoms with E-state index in [1.165, 1.54) is 7.11 Å². The fourth-order valence-electron chi connectivity index (χ4n) is 1.79. The first-order chi connectivity index (χ1) is 8.13. The molecular formula is C12H20N2O3. The Bertz CT molecular complexity index is 358. The molecule has 96 valence electrons. The van der Waals surface area contributed by atoms with Crippen molar-refractivity contribution in [2.75, 3.05) is 33.9 Å². The highest BCUT2D eigenvalue weighted by molar-refractivity contribution is 5.42. The smallest absolute Gasteiger partial charge is 0.160 e. The number of nitrogens with zero attached hydrogens (tertiary/aromatic N) is 1. The van der Waals surface area contributed by atoms with Gasteiger partial charge in [0.1, 0.15) is 0 Å². The van der Waals surface area contributed by atoms with Crippen molar-refractivity contribution in [2.45, 2.75) is 6.04 Å². The Morgan fingerprint density at radius 2 is 2.18 bits per heavy atom. The van der Waals surface area contributed by atoms with Crippen LogP contribution in [0.2, 0.25) is 0 Å². The Morgan fingerprint density at radius 1 is 1.47 bits per heavy atom. The van der Waals surface area contributed by atoms with Gasteiger partial charge in [0.15, 0.2) is 11.5 Å². The van der Waals surface area contributed by atoms with Crippen molar-refractivity contribution >= 4 is 0 Å². The monoisotopic (exact) mass is 240 g/mol. The average Bonchev–Trinajstić information content (AvgIpc) is 2.32. The molecule has 0 heterocycles. The summed E-state index contributed by atoms with van der Waals surface area (Å²) < 4.78 is 5.06. The lowest BCUT2D eigenvalue weighted by atomic mass is 10.0. The number of methoxy groups -OCH3 is 1. The number of phenolic OH excluding ortho intramolecular Hbond substituents is 1. The Hall–Kier alpha value is -1.30. The van der Waals surface area contributed by atoms with Crippen LogP contribution in [0.4, 0.5) is 0 Å². The largest absolute Gasteiger partial charge is 0.504 e. The van der Waals surface area contributed by atoms with E-state index in [9.17, 15) is 5.11 Å². The van der Waals surface area contributed by atoms with E-state index >= 15 is 0 Å². The molecule has 1 aromatic carbocycles. The number of aliphatic hydroxyl groups excluding tert-OH is 1. The average molecular weight is 240 g/mol. The fraction of sp³-hybridized carbons (Fsp3) is 0.500. The maximum absolute atomic E-state index is 9.52. The third kappa shape index (κ3) is 3.33. The van der Waals surface area contributed by atoms with Gasteiger partial charge < -0.3 is 20.7 Å². The summed E-state index contributed by atoms with van der Waals surface area (Å²) in [7, 11) is 3.40. The molecule has 5 heteroatoms. The number of phenols is 1. The van der Waals surface area contributed by atoms with Gasteiger partial charge in [-0.15, -0.1) is 0 Å². The van der Waals surface area contributed by atoms with Crippen LogP contribution in [-0.2, 0) is 0 Å². The Kier molecular flexibility index (Phi) is 5.21. The number of nitrogens with two attached hydrogens (primary N) is 1. The standard InChI is InChI=1S/C12H20N2O3/c1-14(5-6-15)10(8-13)9-3-4-11(16)12(7-9)17-2/h3-4,7,10,15-16H,5-6,8,13H2,1-2H3. The molecule has 0 radical (unpaired) electrons. The van der Waals surface area contributed by atoms with Crippen molar-refractivity contribution in [2.24, 2.45) is 5.73 Å². The molecule has 17 heavy (non-hydrogen) atoms. The lowest BCUT2D eigenvalue weighted by molar-refractivity contribution is 0.183. The van der Waals surface area contributed by atoms with Gasteiger partial charge in [0.05, 0.1) is 13.7 Å². The molecule has 0 aliphatic rings. The van der Waals surface area contributed by atoms with Gasteiger partial charge in [-0.3, -0.25) is 4.90 Å². The quantitative estimate of drug-likeness (QED) is 0.667.